The van der Waals surface area contributed by atoms with Crippen LogP contribution in [0, 0.1) is 18.2 Å². The second kappa shape index (κ2) is 9.12. The van der Waals surface area contributed by atoms with E-state index in [1.165, 1.54) is 12.1 Å². The van der Waals surface area contributed by atoms with Crippen LogP contribution in [0.4, 0.5) is 4.39 Å². The summed E-state index contributed by atoms with van der Waals surface area (Å²) >= 11 is 0. The lowest BCUT2D eigenvalue weighted by atomic mass is 9.59. The molecule has 4 aromatic rings. The van der Waals surface area contributed by atoms with Crippen molar-refractivity contribution in [2.75, 3.05) is 0 Å². The van der Waals surface area contributed by atoms with Crippen molar-refractivity contribution in [2.24, 2.45) is 5.41 Å². The van der Waals surface area contributed by atoms with Crippen molar-refractivity contribution in [3.05, 3.63) is 119 Å². The molecule has 2 heterocycles. The normalized spacial score (nSPS) is 22.5. The number of hydrogen-bond donors (Lipinski definition) is 0. The molecular formula is C32H29FN2O3S. The van der Waals surface area contributed by atoms with E-state index in [1.807, 2.05) is 42.0 Å². The fourth-order valence-electron chi connectivity index (χ4n) is 6.26. The van der Waals surface area contributed by atoms with Gasteiger partial charge in [0.1, 0.15) is 11.5 Å². The first-order chi connectivity index (χ1) is 18.6. The monoisotopic (exact) mass is 540 g/mol. The third-order valence-electron chi connectivity index (χ3n) is 8.45. The number of rotatable bonds is 5. The lowest BCUT2D eigenvalue weighted by molar-refractivity contribution is 0.0773. The van der Waals surface area contributed by atoms with E-state index in [2.05, 4.69) is 4.98 Å². The molecule has 0 spiro atoms. The highest BCUT2D eigenvalue weighted by Gasteiger charge is 2.56. The summed E-state index contributed by atoms with van der Waals surface area (Å²) in [5.74, 6) is -0.459. The summed E-state index contributed by atoms with van der Waals surface area (Å²) in [6.45, 7) is 3.71. The summed E-state index contributed by atoms with van der Waals surface area (Å²) in [5.41, 5.74) is 3.91. The predicted octanol–water partition coefficient (Wildman–Crippen LogP) is 6.55. The number of pyridine rings is 1. The molecule has 2 aromatic carbocycles. The molecule has 0 saturated heterocycles. The summed E-state index contributed by atoms with van der Waals surface area (Å²) < 4.78 is 42.6. The van der Waals surface area contributed by atoms with E-state index in [0.29, 0.717) is 25.0 Å². The number of nitrogens with zero attached hydrogens (tertiary/aromatic N) is 2. The molecule has 0 unspecified atom stereocenters. The van der Waals surface area contributed by atoms with Crippen molar-refractivity contribution in [3.8, 4) is 5.69 Å². The number of sulfone groups is 1. The van der Waals surface area contributed by atoms with Crippen LogP contribution >= 0.6 is 0 Å². The molecule has 0 radical (unpaired) electrons. The average molecular weight is 541 g/mol. The van der Waals surface area contributed by atoms with Gasteiger partial charge in [-0.2, -0.15) is 0 Å². The van der Waals surface area contributed by atoms with Gasteiger partial charge in [-0.05, 0) is 106 Å². The fourth-order valence-corrected chi connectivity index (χ4v) is 8.13. The Morgan fingerprint density at radius 2 is 1.74 bits per heavy atom. The molecule has 39 heavy (non-hydrogen) atoms. The van der Waals surface area contributed by atoms with E-state index in [0.717, 1.165) is 28.1 Å². The maximum atomic E-state index is 14.3. The fraction of sp³-hybridized carbons (Fsp3) is 0.250. The van der Waals surface area contributed by atoms with E-state index < -0.39 is 20.0 Å². The van der Waals surface area contributed by atoms with Gasteiger partial charge in [0.2, 0.25) is 0 Å². The molecule has 0 bridgehead atoms. The van der Waals surface area contributed by atoms with Crippen LogP contribution in [0.5, 0.6) is 0 Å². The molecule has 5 nitrogen and oxygen atoms in total. The van der Waals surface area contributed by atoms with Gasteiger partial charge in [0.05, 0.1) is 15.1 Å². The molecule has 0 aliphatic heterocycles. The van der Waals surface area contributed by atoms with Gasteiger partial charge in [-0.1, -0.05) is 29.3 Å². The van der Waals surface area contributed by atoms with Crippen LogP contribution in [-0.4, -0.2) is 28.5 Å². The smallest absolute Gasteiger partial charge is 0.191 e. The standard InChI is InChI=1S/C32H29FN2O3S/c1-22-6-12-27(13-7-22)39(37,38)31(2)16-14-24-19-29-23(15-18-35(29)26-10-8-25(33)9-11-26)20-32(24,21-31)30(36)28-5-3-4-17-34-28/h3-13,15,17-19H,14,16,20-21H2,1-2H3/t31-,32-/m0/s1. The van der Waals surface area contributed by atoms with Gasteiger partial charge in [0.15, 0.2) is 15.6 Å². The molecule has 1 saturated carbocycles. The summed E-state index contributed by atoms with van der Waals surface area (Å²) in [6.07, 6.45) is 6.97. The van der Waals surface area contributed by atoms with Crippen LogP contribution in [0.15, 0.2) is 95.7 Å². The van der Waals surface area contributed by atoms with Gasteiger partial charge in [-0.25, -0.2) is 12.8 Å². The number of aryl methyl sites for hydroxylation is 1. The first kappa shape index (κ1) is 25.4. The largest absolute Gasteiger partial charge is 0.317 e. The molecule has 198 valence electrons. The second-order valence-corrected chi connectivity index (χ2v) is 13.5. The Labute approximate surface area is 228 Å². The molecule has 2 aliphatic rings. The zero-order chi connectivity index (χ0) is 27.4. The molecular weight excluding hydrogens is 511 g/mol. The first-order valence-corrected chi connectivity index (χ1v) is 14.6. The van der Waals surface area contributed by atoms with Crippen molar-refractivity contribution < 1.29 is 17.6 Å². The summed E-state index contributed by atoms with van der Waals surface area (Å²) in [4.78, 5) is 19.0. The molecule has 2 aliphatic carbocycles. The van der Waals surface area contributed by atoms with E-state index in [1.54, 1.807) is 55.6 Å². The maximum absolute atomic E-state index is 14.3. The van der Waals surface area contributed by atoms with Gasteiger partial charge in [-0.3, -0.25) is 9.78 Å². The van der Waals surface area contributed by atoms with Crippen molar-refractivity contribution >= 4 is 21.7 Å². The van der Waals surface area contributed by atoms with E-state index in [-0.39, 0.29) is 22.9 Å². The third kappa shape index (κ3) is 4.07. The van der Waals surface area contributed by atoms with Crippen molar-refractivity contribution in [1.29, 1.82) is 0 Å². The first-order valence-electron chi connectivity index (χ1n) is 13.1. The van der Waals surface area contributed by atoms with Gasteiger partial charge in [0, 0.05) is 23.8 Å². The lowest BCUT2D eigenvalue weighted by Gasteiger charge is -2.48. The van der Waals surface area contributed by atoms with Crippen LogP contribution in [-0.2, 0) is 16.3 Å². The van der Waals surface area contributed by atoms with Gasteiger partial charge < -0.3 is 4.57 Å². The molecule has 0 N–H and O–H groups in total. The van der Waals surface area contributed by atoms with Crippen LogP contribution in [0.1, 0.15) is 53.5 Å². The van der Waals surface area contributed by atoms with E-state index >= 15 is 0 Å². The predicted molar refractivity (Wildman–Crippen MR) is 149 cm³/mol. The average Bonchev–Trinajstić information content (AvgIpc) is 3.34. The van der Waals surface area contributed by atoms with Gasteiger partial charge in [-0.15, -0.1) is 0 Å². The molecule has 7 heteroatoms. The Kier molecular flexibility index (Phi) is 5.95. The maximum Gasteiger partial charge on any atom is 0.191 e. The Bertz CT molecular complexity index is 1710. The van der Waals surface area contributed by atoms with Crippen LogP contribution in [0.25, 0.3) is 11.8 Å². The Morgan fingerprint density at radius 3 is 2.44 bits per heavy atom. The SMILES string of the molecule is Cc1ccc(S(=O)(=O)[C@@]2(C)CCC3=Cc4c(ccn4-c4ccc(F)cc4)C[C@]3(C(=O)c3ccccn3)C2)cc1. The minimum absolute atomic E-state index is 0.153. The number of carbonyl (C=O) groups is 1. The second-order valence-electron chi connectivity index (χ2n) is 11.0. The van der Waals surface area contributed by atoms with Crippen LogP contribution in [0.3, 0.4) is 0 Å². The number of fused-ring (bicyclic) bond motifs is 2. The number of Topliss-reactive ketones (excluding diaryl/α,β-unsaturated/α-hetero) is 1. The number of ketones is 1. The Hall–Kier alpha value is -3.84. The number of carbonyl (C=O) groups excluding carboxylic acids is 1. The van der Waals surface area contributed by atoms with Crippen molar-refractivity contribution in [2.45, 2.75) is 49.2 Å². The number of aromatic nitrogens is 2. The minimum atomic E-state index is -3.74. The number of allylic oxidation sites excluding steroid dienone is 1. The zero-order valence-electron chi connectivity index (χ0n) is 21.9. The summed E-state index contributed by atoms with van der Waals surface area (Å²) in [5, 5.41) is 0. The van der Waals surface area contributed by atoms with Gasteiger partial charge in [0.25, 0.3) is 0 Å². The Morgan fingerprint density at radius 1 is 1.00 bits per heavy atom. The summed E-state index contributed by atoms with van der Waals surface area (Å²) in [7, 11) is -3.74. The molecule has 1 fully saturated rings. The highest BCUT2D eigenvalue weighted by molar-refractivity contribution is 7.92. The highest BCUT2D eigenvalue weighted by Crippen LogP contribution is 2.55. The topological polar surface area (TPSA) is 69.0 Å². The molecule has 6 rings (SSSR count). The zero-order valence-corrected chi connectivity index (χ0v) is 22.7. The third-order valence-corrected chi connectivity index (χ3v) is 11.0. The lowest BCUT2D eigenvalue weighted by Crippen LogP contribution is -2.51. The van der Waals surface area contributed by atoms with E-state index in [4.69, 9.17) is 0 Å². The van der Waals surface area contributed by atoms with Crippen molar-refractivity contribution in [3.63, 3.8) is 0 Å². The number of halogens is 1. The molecule has 0 amide bonds. The van der Waals surface area contributed by atoms with Crippen LogP contribution < -0.4 is 0 Å². The highest BCUT2D eigenvalue weighted by atomic mass is 32.2. The summed E-state index contributed by atoms with van der Waals surface area (Å²) in [6, 6.07) is 20.5. The quantitative estimate of drug-likeness (QED) is 0.269. The van der Waals surface area contributed by atoms with Crippen molar-refractivity contribution in [1.82, 2.24) is 9.55 Å². The number of benzene rings is 2. The van der Waals surface area contributed by atoms with Gasteiger partial charge >= 0.3 is 0 Å². The van der Waals surface area contributed by atoms with E-state index in [9.17, 15) is 17.6 Å². The molecule has 2 aromatic heterocycles. The molecule has 2 atom stereocenters. The Balaban J connectivity index is 1.48. The van der Waals surface area contributed by atoms with Crippen LogP contribution in [0.2, 0.25) is 0 Å². The number of hydrogen-bond acceptors (Lipinski definition) is 4. The minimum Gasteiger partial charge on any atom is -0.317 e.